The van der Waals surface area contributed by atoms with Gasteiger partial charge in [0.1, 0.15) is 5.75 Å². The maximum Gasteiger partial charge on any atom is 0.142 e. The second kappa shape index (κ2) is 5.31. The van der Waals surface area contributed by atoms with E-state index in [0.29, 0.717) is 6.04 Å². The number of rotatable bonds is 4. The van der Waals surface area contributed by atoms with Crippen molar-refractivity contribution >= 4 is 17.4 Å². The molecule has 2 rings (SSSR count). The minimum atomic E-state index is 0.608. The number of benzene rings is 1. The van der Waals surface area contributed by atoms with E-state index in [1.165, 1.54) is 17.9 Å². The van der Waals surface area contributed by atoms with E-state index in [1.54, 1.807) is 0 Å². The van der Waals surface area contributed by atoms with Gasteiger partial charge < -0.3 is 10.1 Å². The van der Waals surface area contributed by atoms with Crippen LogP contribution in [0.25, 0.3) is 0 Å². The molecule has 1 N–H and O–H groups in total. The Balaban J connectivity index is 2.05. The van der Waals surface area contributed by atoms with Gasteiger partial charge in [-0.15, -0.1) is 0 Å². The molecule has 1 heterocycles. The Labute approximate surface area is 95.4 Å². The molecule has 0 spiro atoms. The number of nitrogens with one attached hydrogen (secondary N) is 1. The first-order chi connectivity index (χ1) is 7.40. The van der Waals surface area contributed by atoms with Crippen molar-refractivity contribution in [2.75, 3.05) is 23.4 Å². The lowest BCUT2D eigenvalue weighted by molar-refractivity contribution is 0.341. The van der Waals surface area contributed by atoms with E-state index >= 15 is 0 Å². The van der Waals surface area contributed by atoms with Crippen LogP contribution >= 0.6 is 11.8 Å². The van der Waals surface area contributed by atoms with Gasteiger partial charge in [0.2, 0.25) is 0 Å². The monoisotopic (exact) mass is 223 g/mol. The number of anilines is 1. The fourth-order valence-electron chi connectivity index (χ4n) is 1.74. The minimum absolute atomic E-state index is 0.608. The van der Waals surface area contributed by atoms with Crippen molar-refractivity contribution in [3.05, 3.63) is 24.3 Å². The molecule has 0 aliphatic carbocycles. The van der Waals surface area contributed by atoms with Crippen LogP contribution in [0.15, 0.2) is 24.3 Å². The van der Waals surface area contributed by atoms with E-state index in [-0.39, 0.29) is 0 Å². The average molecular weight is 223 g/mol. The van der Waals surface area contributed by atoms with Crippen LogP contribution in [0.2, 0.25) is 0 Å². The molecule has 1 aliphatic rings. The Kier molecular flexibility index (Phi) is 3.78. The Bertz CT molecular complexity index is 310. The highest BCUT2D eigenvalue weighted by molar-refractivity contribution is 7.99. The lowest BCUT2D eigenvalue weighted by atomic mass is 10.2. The molecule has 82 valence electrons. The summed E-state index contributed by atoms with van der Waals surface area (Å²) in [4.78, 5) is 0. The molecule has 1 saturated heterocycles. The van der Waals surface area contributed by atoms with E-state index in [2.05, 4.69) is 11.4 Å². The van der Waals surface area contributed by atoms with Crippen molar-refractivity contribution in [3.8, 4) is 5.75 Å². The molecule has 1 aromatic carbocycles. The Morgan fingerprint density at radius 1 is 1.47 bits per heavy atom. The molecule has 1 unspecified atom stereocenters. The SMILES string of the molecule is CCOc1ccccc1NC1CCSC1. The van der Waals surface area contributed by atoms with E-state index < -0.39 is 0 Å². The predicted molar refractivity (Wildman–Crippen MR) is 67.0 cm³/mol. The number of hydrogen-bond donors (Lipinski definition) is 1. The van der Waals surface area contributed by atoms with Crippen LogP contribution in [0.4, 0.5) is 5.69 Å². The van der Waals surface area contributed by atoms with Crippen LogP contribution in [-0.4, -0.2) is 24.2 Å². The van der Waals surface area contributed by atoms with Crippen LogP contribution in [0.3, 0.4) is 0 Å². The first-order valence-corrected chi connectivity index (χ1v) is 6.61. The van der Waals surface area contributed by atoms with Gasteiger partial charge in [0, 0.05) is 11.8 Å². The predicted octanol–water partition coefficient (Wildman–Crippen LogP) is 3.00. The maximum atomic E-state index is 5.58. The molecule has 1 atom stereocenters. The van der Waals surface area contributed by atoms with Gasteiger partial charge in [-0.05, 0) is 31.2 Å². The molecule has 15 heavy (non-hydrogen) atoms. The molecule has 0 aromatic heterocycles. The summed E-state index contributed by atoms with van der Waals surface area (Å²) < 4.78 is 5.58. The molecule has 1 fully saturated rings. The second-order valence-corrected chi connectivity index (χ2v) is 4.78. The van der Waals surface area contributed by atoms with E-state index in [4.69, 9.17) is 4.74 Å². The van der Waals surface area contributed by atoms with Crippen molar-refractivity contribution in [2.45, 2.75) is 19.4 Å². The van der Waals surface area contributed by atoms with Crippen molar-refractivity contribution < 1.29 is 4.74 Å². The first kappa shape index (κ1) is 10.7. The second-order valence-electron chi connectivity index (χ2n) is 3.63. The van der Waals surface area contributed by atoms with Crippen LogP contribution < -0.4 is 10.1 Å². The van der Waals surface area contributed by atoms with Crippen LogP contribution in [-0.2, 0) is 0 Å². The third-order valence-electron chi connectivity index (χ3n) is 2.48. The quantitative estimate of drug-likeness (QED) is 0.848. The topological polar surface area (TPSA) is 21.3 Å². The fourth-order valence-corrected chi connectivity index (χ4v) is 2.89. The van der Waals surface area contributed by atoms with Crippen molar-refractivity contribution in [2.24, 2.45) is 0 Å². The summed E-state index contributed by atoms with van der Waals surface area (Å²) in [7, 11) is 0. The number of thioether (sulfide) groups is 1. The molecule has 1 aromatic rings. The van der Waals surface area contributed by atoms with Gasteiger partial charge in [0.15, 0.2) is 0 Å². The van der Waals surface area contributed by atoms with Gasteiger partial charge in [-0.1, -0.05) is 12.1 Å². The average Bonchev–Trinajstić information content (AvgIpc) is 2.74. The zero-order valence-corrected chi connectivity index (χ0v) is 9.85. The van der Waals surface area contributed by atoms with E-state index in [1.807, 2.05) is 36.9 Å². The van der Waals surface area contributed by atoms with Gasteiger partial charge >= 0.3 is 0 Å². The molecular formula is C12H17NOS. The Morgan fingerprint density at radius 3 is 3.07 bits per heavy atom. The zero-order valence-electron chi connectivity index (χ0n) is 9.03. The van der Waals surface area contributed by atoms with E-state index in [0.717, 1.165) is 18.0 Å². The lowest BCUT2D eigenvalue weighted by Crippen LogP contribution is -2.18. The largest absolute Gasteiger partial charge is 0.492 e. The van der Waals surface area contributed by atoms with Crippen LogP contribution in [0.1, 0.15) is 13.3 Å². The van der Waals surface area contributed by atoms with Crippen molar-refractivity contribution in [1.82, 2.24) is 0 Å². The summed E-state index contributed by atoms with van der Waals surface area (Å²) in [6.07, 6.45) is 1.26. The molecule has 0 radical (unpaired) electrons. The molecular weight excluding hydrogens is 206 g/mol. The molecule has 0 bridgehead atoms. The number of para-hydroxylation sites is 2. The molecule has 3 heteroatoms. The molecule has 0 saturated carbocycles. The van der Waals surface area contributed by atoms with Gasteiger partial charge in [-0.3, -0.25) is 0 Å². The fraction of sp³-hybridized carbons (Fsp3) is 0.500. The van der Waals surface area contributed by atoms with Crippen molar-refractivity contribution in [1.29, 1.82) is 0 Å². The molecule has 1 aliphatic heterocycles. The van der Waals surface area contributed by atoms with Gasteiger partial charge in [0.05, 0.1) is 12.3 Å². The minimum Gasteiger partial charge on any atom is -0.492 e. The summed E-state index contributed by atoms with van der Waals surface area (Å²) in [5, 5.41) is 3.55. The first-order valence-electron chi connectivity index (χ1n) is 5.46. The summed E-state index contributed by atoms with van der Waals surface area (Å²) in [5.74, 6) is 3.45. The van der Waals surface area contributed by atoms with Crippen molar-refractivity contribution in [3.63, 3.8) is 0 Å². The highest BCUT2D eigenvalue weighted by Gasteiger charge is 2.16. The standard InChI is InChI=1S/C12H17NOS/c1-2-14-12-6-4-3-5-11(12)13-10-7-8-15-9-10/h3-6,10,13H,2,7-9H2,1H3. The smallest absolute Gasteiger partial charge is 0.142 e. The van der Waals surface area contributed by atoms with Gasteiger partial charge in [0.25, 0.3) is 0 Å². The number of hydrogen-bond acceptors (Lipinski definition) is 3. The molecule has 2 nitrogen and oxygen atoms in total. The lowest BCUT2D eigenvalue weighted by Gasteiger charge is -2.16. The van der Waals surface area contributed by atoms with Gasteiger partial charge in [-0.2, -0.15) is 11.8 Å². The van der Waals surface area contributed by atoms with Crippen LogP contribution in [0.5, 0.6) is 5.75 Å². The third kappa shape index (κ3) is 2.81. The Hall–Kier alpha value is -0.830. The summed E-state index contributed by atoms with van der Waals surface area (Å²) in [5.41, 5.74) is 1.13. The van der Waals surface area contributed by atoms with Gasteiger partial charge in [-0.25, -0.2) is 0 Å². The van der Waals surface area contributed by atoms with Crippen LogP contribution in [0, 0.1) is 0 Å². The Morgan fingerprint density at radius 2 is 2.33 bits per heavy atom. The number of ether oxygens (including phenoxy) is 1. The normalized spacial score (nSPS) is 20.2. The van der Waals surface area contributed by atoms with E-state index in [9.17, 15) is 0 Å². The third-order valence-corrected chi connectivity index (χ3v) is 3.64. The highest BCUT2D eigenvalue weighted by atomic mass is 32.2. The summed E-state index contributed by atoms with van der Waals surface area (Å²) in [6, 6.07) is 8.78. The summed E-state index contributed by atoms with van der Waals surface area (Å²) >= 11 is 2.02. The highest BCUT2D eigenvalue weighted by Crippen LogP contribution is 2.27. The maximum absolute atomic E-state index is 5.58. The molecule has 0 amide bonds. The zero-order chi connectivity index (χ0) is 10.5. The summed E-state index contributed by atoms with van der Waals surface area (Å²) in [6.45, 7) is 2.74.